The molecule has 0 spiro atoms. The highest BCUT2D eigenvalue weighted by Gasteiger charge is 2.28. The fourth-order valence-corrected chi connectivity index (χ4v) is 3.01. The molecule has 24 heavy (non-hydrogen) atoms. The Kier molecular flexibility index (Phi) is 5.05. The van der Waals surface area contributed by atoms with Gasteiger partial charge in [0.1, 0.15) is 24.2 Å². The molecule has 0 saturated carbocycles. The topological polar surface area (TPSA) is 35.5 Å². The fourth-order valence-electron chi connectivity index (χ4n) is 2.59. The summed E-state index contributed by atoms with van der Waals surface area (Å²) < 4.78 is 12.8. The van der Waals surface area contributed by atoms with E-state index in [0.717, 1.165) is 10.0 Å². The molecule has 1 heterocycles. The maximum atomic E-state index is 12.4. The van der Waals surface area contributed by atoms with Gasteiger partial charge in [0, 0.05) is 10.5 Å². The minimum Gasteiger partial charge on any atom is -0.489 e. The van der Waals surface area contributed by atoms with Crippen molar-refractivity contribution in [2.75, 3.05) is 6.61 Å². The zero-order valence-electron chi connectivity index (χ0n) is 13.7. The number of allylic oxidation sites excluding steroid dienone is 1. The first-order chi connectivity index (χ1) is 11.5. The minimum atomic E-state index is -0.268. The van der Waals surface area contributed by atoms with E-state index in [4.69, 9.17) is 9.47 Å². The highest BCUT2D eigenvalue weighted by atomic mass is 79.9. The molecule has 2 aromatic carbocycles. The Labute approximate surface area is 150 Å². The molecule has 0 N–H and O–H groups in total. The number of hydrogen-bond donors (Lipinski definition) is 0. The quantitative estimate of drug-likeness (QED) is 0.650. The first kappa shape index (κ1) is 16.8. The van der Waals surface area contributed by atoms with E-state index in [-0.39, 0.29) is 11.9 Å². The van der Waals surface area contributed by atoms with E-state index < -0.39 is 0 Å². The predicted octanol–water partition coefficient (Wildman–Crippen LogP) is 5.50. The smallest absolute Gasteiger partial charge is 0.170 e. The van der Waals surface area contributed by atoms with Gasteiger partial charge >= 0.3 is 0 Å². The molecule has 1 aliphatic heterocycles. The van der Waals surface area contributed by atoms with Crippen LogP contribution in [0.25, 0.3) is 0 Å². The summed E-state index contributed by atoms with van der Waals surface area (Å²) in [7, 11) is 0. The molecule has 0 aliphatic carbocycles. The van der Waals surface area contributed by atoms with E-state index in [9.17, 15) is 4.79 Å². The number of benzene rings is 2. The summed E-state index contributed by atoms with van der Waals surface area (Å²) in [5.74, 6) is 1.39. The Hall–Kier alpha value is -2.07. The third-order valence-electron chi connectivity index (χ3n) is 3.86. The molecule has 3 rings (SSSR count). The SMILES string of the molecule is CC(C)=CCOc1ccc2c(c1)OC(c1cccc(Br)c1)CC2=O. The lowest BCUT2D eigenvalue weighted by Gasteiger charge is -2.26. The van der Waals surface area contributed by atoms with Crippen molar-refractivity contribution < 1.29 is 14.3 Å². The van der Waals surface area contributed by atoms with Crippen LogP contribution in [0.5, 0.6) is 11.5 Å². The second-order valence-electron chi connectivity index (χ2n) is 6.04. The van der Waals surface area contributed by atoms with Crippen molar-refractivity contribution >= 4 is 21.7 Å². The van der Waals surface area contributed by atoms with Crippen LogP contribution >= 0.6 is 15.9 Å². The van der Waals surface area contributed by atoms with Gasteiger partial charge in [-0.1, -0.05) is 33.6 Å². The van der Waals surface area contributed by atoms with Crippen LogP contribution in [-0.2, 0) is 0 Å². The summed E-state index contributed by atoms with van der Waals surface area (Å²) in [4.78, 5) is 12.4. The van der Waals surface area contributed by atoms with Gasteiger partial charge in [0.25, 0.3) is 0 Å². The lowest BCUT2D eigenvalue weighted by Crippen LogP contribution is -2.20. The van der Waals surface area contributed by atoms with Gasteiger partial charge in [0.05, 0.1) is 12.0 Å². The maximum absolute atomic E-state index is 12.4. The van der Waals surface area contributed by atoms with Crippen molar-refractivity contribution in [3.8, 4) is 11.5 Å². The van der Waals surface area contributed by atoms with Gasteiger partial charge in [-0.2, -0.15) is 0 Å². The maximum Gasteiger partial charge on any atom is 0.170 e. The van der Waals surface area contributed by atoms with Crippen molar-refractivity contribution in [2.45, 2.75) is 26.4 Å². The Morgan fingerprint density at radius 3 is 2.88 bits per heavy atom. The van der Waals surface area contributed by atoms with Crippen LogP contribution in [0.4, 0.5) is 0 Å². The van der Waals surface area contributed by atoms with Crippen LogP contribution in [-0.4, -0.2) is 12.4 Å². The van der Waals surface area contributed by atoms with E-state index in [0.29, 0.717) is 30.1 Å². The molecule has 3 nitrogen and oxygen atoms in total. The van der Waals surface area contributed by atoms with Crippen molar-refractivity contribution in [2.24, 2.45) is 0 Å². The average molecular weight is 387 g/mol. The molecule has 1 aliphatic rings. The number of hydrogen-bond acceptors (Lipinski definition) is 3. The zero-order valence-corrected chi connectivity index (χ0v) is 15.3. The van der Waals surface area contributed by atoms with E-state index >= 15 is 0 Å². The van der Waals surface area contributed by atoms with Crippen LogP contribution in [0.15, 0.2) is 58.6 Å². The van der Waals surface area contributed by atoms with Gasteiger partial charge in [-0.05, 0) is 49.8 Å². The first-order valence-electron chi connectivity index (χ1n) is 7.88. The summed E-state index contributed by atoms with van der Waals surface area (Å²) >= 11 is 3.46. The fraction of sp³-hybridized carbons (Fsp3) is 0.250. The van der Waals surface area contributed by atoms with Gasteiger partial charge in [-0.3, -0.25) is 4.79 Å². The lowest BCUT2D eigenvalue weighted by atomic mass is 9.96. The lowest BCUT2D eigenvalue weighted by molar-refractivity contribution is 0.0849. The molecule has 124 valence electrons. The molecule has 0 amide bonds. The highest BCUT2D eigenvalue weighted by Crippen LogP contribution is 2.37. The van der Waals surface area contributed by atoms with Gasteiger partial charge in [0.2, 0.25) is 0 Å². The first-order valence-corrected chi connectivity index (χ1v) is 8.68. The molecular formula is C20H19BrO3. The minimum absolute atomic E-state index is 0.0945. The van der Waals surface area contributed by atoms with Crippen molar-refractivity contribution in [3.05, 3.63) is 69.7 Å². The second-order valence-corrected chi connectivity index (χ2v) is 6.95. The van der Waals surface area contributed by atoms with Crippen LogP contribution in [0.1, 0.15) is 42.3 Å². The zero-order chi connectivity index (χ0) is 17.1. The number of ether oxygens (including phenoxy) is 2. The number of carbonyl (C=O) groups is 1. The number of halogens is 1. The standard InChI is InChI=1S/C20H19BrO3/c1-13(2)8-9-23-16-6-7-17-18(22)12-19(24-20(17)11-16)14-4-3-5-15(21)10-14/h3-8,10-11,19H,9,12H2,1-2H3. The number of fused-ring (bicyclic) bond motifs is 1. The Morgan fingerprint density at radius 1 is 1.29 bits per heavy atom. The monoisotopic (exact) mass is 386 g/mol. The second kappa shape index (κ2) is 7.22. The normalized spacial score (nSPS) is 16.1. The van der Waals surface area contributed by atoms with E-state index in [1.165, 1.54) is 5.57 Å². The summed E-state index contributed by atoms with van der Waals surface area (Å²) in [6.45, 7) is 4.56. The van der Waals surface area contributed by atoms with E-state index in [1.54, 1.807) is 12.1 Å². The summed E-state index contributed by atoms with van der Waals surface area (Å²) in [6.07, 6.45) is 2.09. The van der Waals surface area contributed by atoms with Gasteiger partial charge < -0.3 is 9.47 Å². The van der Waals surface area contributed by atoms with Crippen molar-refractivity contribution in [1.29, 1.82) is 0 Å². The molecule has 2 aromatic rings. The average Bonchev–Trinajstić information content (AvgIpc) is 2.54. The molecule has 4 heteroatoms. The summed E-state index contributed by atoms with van der Waals surface area (Å²) in [5.41, 5.74) is 2.81. The van der Waals surface area contributed by atoms with Gasteiger partial charge in [0.15, 0.2) is 5.78 Å². The van der Waals surface area contributed by atoms with Gasteiger partial charge in [-0.25, -0.2) is 0 Å². The third kappa shape index (κ3) is 3.88. The van der Waals surface area contributed by atoms with Crippen LogP contribution in [0, 0.1) is 0 Å². The molecular weight excluding hydrogens is 368 g/mol. The molecule has 0 fully saturated rings. The molecule has 0 saturated heterocycles. The number of Topliss-reactive ketones (excluding diaryl/α,β-unsaturated/α-hetero) is 1. The summed E-state index contributed by atoms with van der Waals surface area (Å²) in [5, 5.41) is 0. The van der Waals surface area contributed by atoms with Crippen LogP contribution in [0.3, 0.4) is 0 Å². The molecule has 0 aromatic heterocycles. The Bertz CT molecular complexity index is 791. The molecule has 1 atom stereocenters. The van der Waals surface area contributed by atoms with Crippen LogP contribution in [0.2, 0.25) is 0 Å². The van der Waals surface area contributed by atoms with Crippen molar-refractivity contribution in [3.63, 3.8) is 0 Å². The number of carbonyl (C=O) groups excluding carboxylic acids is 1. The predicted molar refractivity (Wildman–Crippen MR) is 97.8 cm³/mol. The largest absolute Gasteiger partial charge is 0.489 e. The Morgan fingerprint density at radius 2 is 2.12 bits per heavy atom. The molecule has 0 bridgehead atoms. The van der Waals surface area contributed by atoms with Gasteiger partial charge in [-0.15, -0.1) is 0 Å². The van der Waals surface area contributed by atoms with E-state index in [1.807, 2.05) is 50.3 Å². The molecule has 0 radical (unpaired) electrons. The third-order valence-corrected chi connectivity index (χ3v) is 4.35. The highest BCUT2D eigenvalue weighted by molar-refractivity contribution is 9.10. The number of rotatable bonds is 4. The Balaban J connectivity index is 1.82. The van der Waals surface area contributed by atoms with Crippen LogP contribution < -0.4 is 9.47 Å². The molecule has 1 unspecified atom stereocenters. The number of ketones is 1. The van der Waals surface area contributed by atoms with Crippen molar-refractivity contribution in [1.82, 2.24) is 0 Å². The summed E-state index contributed by atoms with van der Waals surface area (Å²) in [6, 6.07) is 13.3. The van der Waals surface area contributed by atoms with E-state index in [2.05, 4.69) is 15.9 Å².